The zero-order valence-electron chi connectivity index (χ0n) is 16.9. The van der Waals surface area contributed by atoms with Gasteiger partial charge in [0.2, 0.25) is 0 Å². The van der Waals surface area contributed by atoms with Crippen LogP contribution in [0.5, 0.6) is 0 Å². The molecule has 1 aliphatic heterocycles. The van der Waals surface area contributed by atoms with E-state index in [-0.39, 0.29) is 17.9 Å². The van der Waals surface area contributed by atoms with Crippen molar-refractivity contribution >= 4 is 17.8 Å². The summed E-state index contributed by atoms with van der Waals surface area (Å²) in [5, 5.41) is 21.7. The van der Waals surface area contributed by atoms with Gasteiger partial charge in [0.15, 0.2) is 0 Å². The second-order valence-electron chi connectivity index (χ2n) is 8.01. The summed E-state index contributed by atoms with van der Waals surface area (Å²) in [5.41, 5.74) is 1.71. The summed E-state index contributed by atoms with van der Waals surface area (Å²) in [6.45, 7) is -0.00762. The third-order valence-corrected chi connectivity index (χ3v) is 5.96. The lowest BCUT2D eigenvalue weighted by molar-refractivity contribution is -0.140. The molecule has 1 aromatic carbocycles. The number of aliphatic carboxylic acids is 1. The van der Waals surface area contributed by atoms with Gasteiger partial charge in [-0.1, -0.05) is 36.8 Å². The molecule has 1 aliphatic carbocycles. The number of rotatable bonds is 6. The molecule has 2 heterocycles. The predicted molar refractivity (Wildman–Crippen MR) is 112 cm³/mol. The van der Waals surface area contributed by atoms with E-state index in [9.17, 15) is 19.5 Å². The smallest absolute Gasteiger partial charge is 0.322 e. The third kappa shape index (κ3) is 4.01. The first-order valence-electron chi connectivity index (χ1n) is 10.1. The zero-order valence-corrected chi connectivity index (χ0v) is 16.9. The predicted octanol–water partition coefficient (Wildman–Crippen LogP) is 2.27. The summed E-state index contributed by atoms with van der Waals surface area (Å²) in [6, 6.07) is 13.4. The number of amides is 2. The number of nitrogens with one attached hydrogen (secondary N) is 1. The topological polar surface area (TPSA) is 120 Å². The van der Waals surface area contributed by atoms with Gasteiger partial charge in [-0.3, -0.25) is 19.4 Å². The van der Waals surface area contributed by atoms with E-state index in [0.29, 0.717) is 19.4 Å². The fraction of sp³-hybridized carbons (Fsp3) is 0.304. The maximum Gasteiger partial charge on any atom is 0.322 e. The van der Waals surface area contributed by atoms with Gasteiger partial charge in [0.1, 0.15) is 17.9 Å². The van der Waals surface area contributed by atoms with Gasteiger partial charge in [0, 0.05) is 30.3 Å². The molecule has 4 rings (SSSR count). The number of pyridine rings is 1. The number of aliphatic hydroxyl groups excluding tert-OH is 1. The van der Waals surface area contributed by atoms with Gasteiger partial charge in [-0.2, -0.15) is 0 Å². The van der Waals surface area contributed by atoms with Crippen molar-refractivity contribution in [3.8, 4) is 11.3 Å². The van der Waals surface area contributed by atoms with Crippen molar-refractivity contribution in [1.82, 2.24) is 15.2 Å². The van der Waals surface area contributed by atoms with Crippen molar-refractivity contribution in [2.24, 2.45) is 5.41 Å². The molecule has 0 atom stereocenters. The van der Waals surface area contributed by atoms with Gasteiger partial charge in [-0.15, -0.1) is 0 Å². The first-order valence-corrected chi connectivity index (χ1v) is 10.1. The van der Waals surface area contributed by atoms with E-state index in [1.54, 1.807) is 11.1 Å². The largest absolute Gasteiger partial charge is 0.511 e. The Balaban J connectivity index is 1.55. The molecule has 0 radical (unpaired) electrons. The number of benzene rings is 1. The standard InChI is InChI=1S/C23H23N3O5/c27-18(28)12-25-21(30)19-20(29)23(9-3-10-23)14-26(22(19)31)13-15-5-7-16(8-6-15)17-4-1-2-11-24-17/h1-2,4-8,11,29H,3,9-10,12-14H2,(H,25,30)(H,27,28). The SMILES string of the molecule is O=C(O)CNC(=O)C1=C(O)C2(CCC2)CN(Cc2ccc(-c3ccccn3)cc2)C1=O. The van der Waals surface area contributed by atoms with Gasteiger partial charge < -0.3 is 20.4 Å². The fourth-order valence-electron chi connectivity index (χ4n) is 4.15. The van der Waals surface area contributed by atoms with Gasteiger partial charge in [0.05, 0.1) is 5.69 Å². The van der Waals surface area contributed by atoms with Crippen LogP contribution in [0.2, 0.25) is 0 Å². The lowest BCUT2D eigenvalue weighted by atomic mass is 9.64. The van der Waals surface area contributed by atoms with Crippen LogP contribution in [0, 0.1) is 5.41 Å². The molecule has 31 heavy (non-hydrogen) atoms. The normalized spacial score (nSPS) is 17.4. The Bertz CT molecular complexity index is 1040. The van der Waals surface area contributed by atoms with Crippen LogP contribution in [0.25, 0.3) is 11.3 Å². The van der Waals surface area contributed by atoms with E-state index in [1.165, 1.54) is 0 Å². The minimum Gasteiger partial charge on any atom is -0.511 e. The molecule has 1 saturated carbocycles. The maximum atomic E-state index is 13.0. The quantitative estimate of drug-likeness (QED) is 0.616. The van der Waals surface area contributed by atoms with Gasteiger partial charge >= 0.3 is 5.97 Å². The Labute approximate surface area is 179 Å². The summed E-state index contributed by atoms with van der Waals surface area (Å²) >= 11 is 0. The Hall–Kier alpha value is -3.68. The summed E-state index contributed by atoms with van der Waals surface area (Å²) in [4.78, 5) is 42.2. The van der Waals surface area contributed by atoms with Gasteiger partial charge in [-0.05, 0) is 30.5 Å². The van der Waals surface area contributed by atoms with Crippen LogP contribution in [0.15, 0.2) is 60.0 Å². The Morgan fingerprint density at radius 1 is 1.13 bits per heavy atom. The van der Waals surface area contributed by atoms with Gasteiger partial charge in [-0.25, -0.2) is 0 Å². The zero-order chi connectivity index (χ0) is 22.0. The first-order chi connectivity index (χ1) is 14.9. The van der Waals surface area contributed by atoms with Crippen molar-refractivity contribution in [1.29, 1.82) is 0 Å². The van der Waals surface area contributed by atoms with E-state index in [0.717, 1.165) is 23.2 Å². The second kappa shape index (κ2) is 8.22. The molecule has 2 amide bonds. The van der Waals surface area contributed by atoms with Crippen LogP contribution in [-0.2, 0) is 20.9 Å². The van der Waals surface area contributed by atoms with Crippen LogP contribution in [0.3, 0.4) is 0 Å². The number of aromatic nitrogens is 1. The molecule has 2 aliphatic rings. The van der Waals surface area contributed by atoms with Crippen LogP contribution < -0.4 is 5.32 Å². The number of carboxylic acids is 1. The molecule has 160 valence electrons. The van der Waals surface area contributed by atoms with E-state index < -0.39 is 29.7 Å². The molecular weight excluding hydrogens is 398 g/mol. The summed E-state index contributed by atoms with van der Waals surface area (Å²) < 4.78 is 0. The van der Waals surface area contributed by atoms with Crippen LogP contribution in [0.4, 0.5) is 0 Å². The van der Waals surface area contributed by atoms with Crippen LogP contribution in [-0.4, -0.2) is 51.0 Å². The molecular formula is C23H23N3O5. The number of hydrogen-bond donors (Lipinski definition) is 3. The van der Waals surface area contributed by atoms with Crippen LogP contribution in [0.1, 0.15) is 24.8 Å². The number of aliphatic hydroxyl groups is 1. The van der Waals surface area contributed by atoms with E-state index in [1.807, 2.05) is 42.5 Å². The number of nitrogens with zero attached hydrogens (tertiary/aromatic N) is 2. The molecule has 0 saturated heterocycles. The van der Waals surface area contributed by atoms with E-state index in [4.69, 9.17) is 5.11 Å². The van der Waals surface area contributed by atoms with E-state index in [2.05, 4.69) is 10.3 Å². The lowest BCUT2D eigenvalue weighted by Crippen LogP contribution is -2.53. The highest BCUT2D eigenvalue weighted by molar-refractivity contribution is 6.19. The Kier molecular flexibility index (Phi) is 5.46. The molecule has 2 aromatic rings. The molecule has 8 heteroatoms. The highest BCUT2D eigenvalue weighted by atomic mass is 16.4. The number of carbonyl (C=O) groups is 3. The van der Waals surface area contributed by atoms with Gasteiger partial charge in [0.25, 0.3) is 11.8 Å². The highest BCUT2D eigenvalue weighted by Gasteiger charge is 2.50. The average molecular weight is 421 g/mol. The second-order valence-corrected chi connectivity index (χ2v) is 8.01. The average Bonchev–Trinajstić information content (AvgIpc) is 2.74. The number of hydrogen-bond acceptors (Lipinski definition) is 5. The number of carbonyl (C=O) groups excluding carboxylic acids is 2. The Morgan fingerprint density at radius 2 is 1.87 bits per heavy atom. The van der Waals surface area contributed by atoms with E-state index >= 15 is 0 Å². The first kappa shape index (κ1) is 20.6. The number of carboxylic acid groups (broad SMARTS) is 1. The van der Waals surface area contributed by atoms with Crippen molar-refractivity contribution in [2.75, 3.05) is 13.1 Å². The molecule has 1 fully saturated rings. The summed E-state index contributed by atoms with van der Waals surface area (Å²) in [7, 11) is 0. The molecule has 8 nitrogen and oxygen atoms in total. The molecule has 0 bridgehead atoms. The minimum absolute atomic E-state index is 0.214. The van der Waals surface area contributed by atoms with Crippen molar-refractivity contribution < 1.29 is 24.6 Å². The van der Waals surface area contributed by atoms with Crippen LogP contribution >= 0.6 is 0 Å². The lowest BCUT2D eigenvalue weighted by Gasteiger charge is -2.48. The Morgan fingerprint density at radius 3 is 2.45 bits per heavy atom. The summed E-state index contributed by atoms with van der Waals surface area (Å²) in [6.07, 6.45) is 3.98. The molecule has 0 unspecified atom stereocenters. The molecule has 3 N–H and O–H groups in total. The molecule has 1 spiro atoms. The van der Waals surface area contributed by atoms with Crippen molar-refractivity contribution in [2.45, 2.75) is 25.8 Å². The maximum absolute atomic E-state index is 13.0. The third-order valence-electron chi connectivity index (χ3n) is 5.96. The monoisotopic (exact) mass is 421 g/mol. The molecule has 1 aromatic heterocycles. The summed E-state index contributed by atoms with van der Waals surface area (Å²) in [5.74, 6) is -2.88. The minimum atomic E-state index is -1.22. The van der Waals surface area contributed by atoms with Crippen molar-refractivity contribution in [3.05, 3.63) is 65.6 Å². The fourth-order valence-corrected chi connectivity index (χ4v) is 4.15. The highest BCUT2D eigenvalue weighted by Crippen LogP contribution is 2.50. The van der Waals surface area contributed by atoms with Crippen molar-refractivity contribution in [3.63, 3.8) is 0 Å².